The molecule has 1 unspecified atom stereocenters. The van der Waals surface area contributed by atoms with Crippen molar-refractivity contribution in [3.8, 4) is 5.75 Å². The second-order valence-electron chi connectivity index (χ2n) is 8.46. The van der Waals surface area contributed by atoms with Gasteiger partial charge in [-0.1, -0.05) is 24.3 Å². The first-order valence-corrected chi connectivity index (χ1v) is 12.4. The lowest BCUT2D eigenvalue weighted by molar-refractivity contribution is -0.117. The van der Waals surface area contributed by atoms with Crippen LogP contribution in [0, 0.1) is 0 Å². The van der Waals surface area contributed by atoms with Crippen molar-refractivity contribution in [2.75, 3.05) is 50.1 Å². The molecule has 2 aliphatic heterocycles. The first-order valence-electron chi connectivity index (χ1n) is 11.3. The van der Waals surface area contributed by atoms with E-state index < -0.39 is 0 Å². The molecule has 1 amide bonds. The number of hydrogen-bond donors (Lipinski definition) is 1. The van der Waals surface area contributed by atoms with Crippen molar-refractivity contribution in [2.45, 2.75) is 31.8 Å². The number of likely N-dealkylation sites (tertiary alicyclic amines) is 1. The Balaban J connectivity index is 1.31. The topological polar surface area (TPSA) is 44.8 Å². The molecule has 2 heterocycles. The highest BCUT2D eigenvalue weighted by molar-refractivity contribution is 7.99. The van der Waals surface area contributed by atoms with Gasteiger partial charge in [-0.25, -0.2) is 0 Å². The van der Waals surface area contributed by atoms with Crippen molar-refractivity contribution >= 4 is 23.4 Å². The van der Waals surface area contributed by atoms with Gasteiger partial charge < -0.3 is 10.1 Å². The van der Waals surface area contributed by atoms with Gasteiger partial charge in [0, 0.05) is 42.9 Å². The van der Waals surface area contributed by atoms with Crippen molar-refractivity contribution in [1.29, 1.82) is 0 Å². The van der Waals surface area contributed by atoms with Crippen molar-refractivity contribution in [3.63, 3.8) is 0 Å². The van der Waals surface area contributed by atoms with E-state index in [9.17, 15) is 4.79 Å². The van der Waals surface area contributed by atoms with Crippen LogP contribution >= 0.6 is 11.8 Å². The molecule has 0 bridgehead atoms. The number of benzene rings is 2. The number of carbonyl (C=O) groups is 1. The van der Waals surface area contributed by atoms with E-state index in [1.165, 1.54) is 22.6 Å². The molecule has 2 saturated heterocycles. The quantitative estimate of drug-likeness (QED) is 0.676. The fraction of sp³-hybridized carbons (Fsp3) is 0.480. The molecule has 0 saturated carbocycles. The molecule has 1 atom stereocenters. The zero-order chi connectivity index (χ0) is 21.5. The van der Waals surface area contributed by atoms with E-state index in [1.54, 1.807) is 7.11 Å². The highest BCUT2D eigenvalue weighted by atomic mass is 32.2. The number of rotatable bonds is 8. The van der Waals surface area contributed by atoms with Gasteiger partial charge in [-0.15, -0.1) is 0 Å². The normalized spacial score (nSPS) is 20.0. The van der Waals surface area contributed by atoms with E-state index in [0.29, 0.717) is 12.6 Å². The second-order valence-corrected chi connectivity index (χ2v) is 9.68. The Morgan fingerprint density at radius 2 is 1.90 bits per heavy atom. The van der Waals surface area contributed by atoms with Crippen molar-refractivity contribution < 1.29 is 9.53 Å². The highest BCUT2D eigenvalue weighted by Gasteiger charge is 2.26. The molecule has 0 spiro atoms. The van der Waals surface area contributed by atoms with Crippen molar-refractivity contribution in [3.05, 3.63) is 59.7 Å². The fourth-order valence-corrected chi connectivity index (χ4v) is 5.53. The zero-order valence-electron chi connectivity index (χ0n) is 18.4. The maximum Gasteiger partial charge on any atom is 0.238 e. The summed E-state index contributed by atoms with van der Waals surface area (Å²) < 4.78 is 5.35. The third-order valence-electron chi connectivity index (χ3n) is 6.17. The largest absolute Gasteiger partial charge is 0.497 e. The molecule has 4 rings (SSSR count). The number of amides is 1. The number of nitrogens with one attached hydrogen (secondary N) is 1. The number of carbonyl (C=O) groups excluding carboxylic acids is 1. The van der Waals surface area contributed by atoms with Crippen LogP contribution in [0.15, 0.2) is 48.5 Å². The van der Waals surface area contributed by atoms with E-state index in [4.69, 9.17) is 4.74 Å². The lowest BCUT2D eigenvalue weighted by Crippen LogP contribution is -2.37. The van der Waals surface area contributed by atoms with Crippen LogP contribution in [0.3, 0.4) is 0 Å². The monoisotopic (exact) mass is 439 g/mol. The van der Waals surface area contributed by atoms with Crippen LogP contribution in [0.1, 0.15) is 24.0 Å². The number of nitrogens with zero attached hydrogens (tertiary/aromatic N) is 2. The third-order valence-corrected chi connectivity index (χ3v) is 7.11. The summed E-state index contributed by atoms with van der Waals surface area (Å²) in [7, 11) is 1.70. The Hall–Kier alpha value is -2.02. The Morgan fingerprint density at radius 3 is 2.74 bits per heavy atom. The molecule has 1 N–H and O–H groups in total. The minimum absolute atomic E-state index is 0.0732. The van der Waals surface area contributed by atoms with Gasteiger partial charge >= 0.3 is 0 Å². The first kappa shape index (κ1) is 22.2. The van der Waals surface area contributed by atoms with Crippen molar-refractivity contribution in [2.24, 2.45) is 0 Å². The lowest BCUT2D eigenvalue weighted by Gasteiger charge is -2.26. The smallest absolute Gasteiger partial charge is 0.238 e. The van der Waals surface area contributed by atoms with E-state index in [2.05, 4.69) is 39.4 Å². The van der Waals surface area contributed by atoms with E-state index >= 15 is 0 Å². The average molecular weight is 440 g/mol. The predicted octanol–water partition coefficient (Wildman–Crippen LogP) is 3.89. The predicted molar refractivity (Wildman–Crippen MR) is 129 cm³/mol. The summed E-state index contributed by atoms with van der Waals surface area (Å²) in [5.74, 6) is 3.39. The van der Waals surface area contributed by atoms with Gasteiger partial charge in [-0.05, 0) is 61.2 Å². The highest BCUT2D eigenvalue weighted by Crippen LogP contribution is 2.23. The standard InChI is InChI=1S/C25H33N3O2S/c1-30-24-9-3-5-20(17-24)16-23-8-4-10-28(23)19-25(29)26-22-7-2-6-21(15-22)18-27-11-13-31-14-12-27/h2-3,5-7,9,15,17,23H,4,8,10-14,16,18-19H2,1H3,(H,26,29). The van der Waals surface area contributed by atoms with Gasteiger partial charge in [0.15, 0.2) is 0 Å². The van der Waals surface area contributed by atoms with Crippen LogP contribution in [-0.2, 0) is 17.8 Å². The Morgan fingerprint density at radius 1 is 1.10 bits per heavy atom. The van der Waals surface area contributed by atoms with E-state index in [-0.39, 0.29) is 5.91 Å². The number of methoxy groups -OCH3 is 1. The van der Waals surface area contributed by atoms with E-state index in [0.717, 1.165) is 56.9 Å². The van der Waals surface area contributed by atoms with Gasteiger partial charge in [-0.3, -0.25) is 14.6 Å². The minimum atomic E-state index is 0.0732. The maximum atomic E-state index is 12.8. The molecule has 2 aliphatic rings. The molecule has 31 heavy (non-hydrogen) atoms. The molecule has 0 aromatic heterocycles. The van der Waals surface area contributed by atoms with Gasteiger partial charge in [0.2, 0.25) is 5.91 Å². The van der Waals surface area contributed by atoms with Gasteiger partial charge in [0.25, 0.3) is 0 Å². The van der Waals surface area contributed by atoms with Crippen molar-refractivity contribution in [1.82, 2.24) is 9.80 Å². The molecule has 2 fully saturated rings. The average Bonchev–Trinajstić information content (AvgIpc) is 3.21. The molecule has 0 radical (unpaired) electrons. The lowest BCUT2D eigenvalue weighted by atomic mass is 10.0. The number of thioether (sulfide) groups is 1. The number of ether oxygens (including phenoxy) is 1. The molecular formula is C25H33N3O2S. The molecule has 6 heteroatoms. The van der Waals surface area contributed by atoms with Crippen LogP contribution < -0.4 is 10.1 Å². The van der Waals surface area contributed by atoms with Crippen LogP contribution in [0.4, 0.5) is 5.69 Å². The molecule has 5 nitrogen and oxygen atoms in total. The third kappa shape index (κ3) is 6.48. The van der Waals surface area contributed by atoms with Crippen LogP contribution in [0.2, 0.25) is 0 Å². The number of hydrogen-bond acceptors (Lipinski definition) is 5. The van der Waals surface area contributed by atoms with Gasteiger partial charge in [0.1, 0.15) is 5.75 Å². The fourth-order valence-electron chi connectivity index (χ4n) is 4.56. The summed E-state index contributed by atoms with van der Waals surface area (Å²) in [4.78, 5) is 17.6. The SMILES string of the molecule is COc1cccc(CC2CCCN2CC(=O)Nc2cccc(CN3CCSCC3)c2)c1. The summed E-state index contributed by atoms with van der Waals surface area (Å²) >= 11 is 2.03. The second kappa shape index (κ2) is 11.0. The molecule has 0 aliphatic carbocycles. The molecule has 2 aromatic rings. The summed E-state index contributed by atoms with van der Waals surface area (Å²) in [5.41, 5.74) is 3.43. The van der Waals surface area contributed by atoms with Gasteiger partial charge in [0.05, 0.1) is 13.7 Å². The summed E-state index contributed by atoms with van der Waals surface area (Å²) in [6, 6.07) is 17.0. The summed E-state index contributed by atoms with van der Waals surface area (Å²) in [6.07, 6.45) is 3.23. The van der Waals surface area contributed by atoms with Gasteiger partial charge in [-0.2, -0.15) is 11.8 Å². The Bertz CT molecular complexity index is 869. The van der Waals surface area contributed by atoms with Crippen LogP contribution in [0.25, 0.3) is 0 Å². The molecule has 166 valence electrons. The maximum absolute atomic E-state index is 12.8. The Labute approximate surface area is 190 Å². The first-order chi connectivity index (χ1) is 15.2. The van der Waals surface area contributed by atoms with E-state index in [1.807, 2.05) is 36.0 Å². The summed E-state index contributed by atoms with van der Waals surface area (Å²) in [6.45, 7) is 4.67. The zero-order valence-corrected chi connectivity index (χ0v) is 19.2. The molecular weight excluding hydrogens is 406 g/mol. The molecule has 2 aromatic carbocycles. The van der Waals surface area contributed by atoms with Crippen LogP contribution in [-0.4, -0.2) is 66.5 Å². The van der Waals surface area contributed by atoms with Crippen LogP contribution in [0.5, 0.6) is 5.75 Å². The number of anilines is 1. The minimum Gasteiger partial charge on any atom is -0.497 e. The Kier molecular flexibility index (Phi) is 7.89. The summed E-state index contributed by atoms with van der Waals surface area (Å²) in [5, 5.41) is 3.13.